The Morgan fingerprint density at radius 2 is 1.90 bits per heavy atom. The van der Waals surface area contributed by atoms with Gasteiger partial charge in [-0.2, -0.15) is 0 Å². The van der Waals surface area contributed by atoms with Gasteiger partial charge in [-0.25, -0.2) is 4.39 Å². The van der Waals surface area contributed by atoms with Gasteiger partial charge < -0.3 is 24.7 Å². The molecule has 0 atom stereocenters. The normalized spacial score (nSPS) is 13.5. The van der Waals surface area contributed by atoms with E-state index in [0.717, 1.165) is 59.9 Å². The molecule has 2 aromatic carbocycles. The lowest BCUT2D eigenvalue weighted by Crippen LogP contribution is -2.44. The number of benzene rings is 2. The van der Waals surface area contributed by atoms with Crippen LogP contribution >= 0.6 is 24.0 Å². The summed E-state index contributed by atoms with van der Waals surface area (Å²) in [5.41, 5.74) is 4.54. The van der Waals surface area contributed by atoms with Crippen LogP contribution in [0.1, 0.15) is 16.7 Å². The predicted molar refractivity (Wildman–Crippen MR) is 132 cm³/mol. The summed E-state index contributed by atoms with van der Waals surface area (Å²) in [7, 11) is 5.11. The van der Waals surface area contributed by atoms with Crippen molar-refractivity contribution >= 4 is 40.8 Å². The summed E-state index contributed by atoms with van der Waals surface area (Å²) in [6, 6.07) is 8.95. The molecule has 0 radical (unpaired) electrons. The van der Waals surface area contributed by atoms with Crippen LogP contribution in [0.2, 0.25) is 0 Å². The molecule has 6 nitrogen and oxygen atoms in total. The number of methoxy groups -OCH3 is 2. The Bertz CT molecular complexity index is 1080. The van der Waals surface area contributed by atoms with E-state index in [1.54, 1.807) is 33.4 Å². The third-order valence-corrected chi connectivity index (χ3v) is 5.64. The molecule has 2 heterocycles. The van der Waals surface area contributed by atoms with Gasteiger partial charge in [0.25, 0.3) is 0 Å². The number of halogens is 2. The number of hydrogen-bond acceptors (Lipinski definition) is 3. The third-order valence-electron chi connectivity index (χ3n) is 5.64. The van der Waals surface area contributed by atoms with Crippen molar-refractivity contribution in [2.75, 3.05) is 34.4 Å². The van der Waals surface area contributed by atoms with Gasteiger partial charge in [0.1, 0.15) is 5.82 Å². The zero-order chi connectivity index (χ0) is 21.1. The van der Waals surface area contributed by atoms with Crippen molar-refractivity contribution in [3.63, 3.8) is 0 Å². The predicted octanol–water partition coefficient (Wildman–Crippen LogP) is 4.12. The minimum Gasteiger partial charge on any atom is -0.493 e. The molecule has 0 aliphatic carbocycles. The van der Waals surface area contributed by atoms with Crippen LogP contribution in [-0.2, 0) is 19.4 Å². The summed E-state index contributed by atoms with van der Waals surface area (Å²) in [5.74, 6) is 2.16. The average molecular weight is 538 g/mol. The SMILES string of the molecule is CN=C(NCCc1c[nH]c2ccc(F)cc12)N1CCc2cc(OC)c(OC)cc2C1.I. The highest BCUT2D eigenvalue weighted by atomic mass is 127. The summed E-state index contributed by atoms with van der Waals surface area (Å²) >= 11 is 0. The number of H-pyrrole nitrogens is 1. The van der Waals surface area contributed by atoms with Crippen molar-refractivity contribution in [2.24, 2.45) is 4.99 Å². The van der Waals surface area contributed by atoms with Gasteiger partial charge in [-0.15, -0.1) is 24.0 Å². The van der Waals surface area contributed by atoms with Crippen molar-refractivity contribution in [3.05, 3.63) is 59.0 Å². The summed E-state index contributed by atoms with van der Waals surface area (Å²) < 4.78 is 24.5. The Balaban J connectivity index is 0.00000272. The summed E-state index contributed by atoms with van der Waals surface area (Å²) in [5, 5.41) is 4.38. The van der Waals surface area contributed by atoms with Gasteiger partial charge in [0.2, 0.25) is 0 Å². The van der Waals surface area contributed by atoms with E-state index in [1.165, 1.54) is 17.2 Å². The van der Waals surface area contributed by atoms with Gasteiger partial charge in [0.05, 0.1) is 14.2 Å². The molecule has 4 rings (SSSR count). The van der Waals surface area contributed by atoms with Crippen LogP contribution in [0, 0.1) is 5.82 Å². The molecular formula is C23H28FIN4O2. The first-order valence-electron chi connectivity index (χ1n) is 10.1. The Kier molecular flexibility index (Phi) is 7.64. The Labute approximate surface area is 198 Å². The monoisotopic (exact) mass is 538 g/mol. The fourth-order valence-corrected chi connectivity index (χ4v) is 4.06. The van der Waals surface area contributed by atoms with E-state index < -0.39 is 0 Å². The smallest absolute Gasteiger partial charge is 0.193 e. The molecule has 0 fully saturated rings. The molecule has 1 aliphatic heterocycles. The molecule has 31 heavy (non-hydrogen) atoms. The fourth-order valence-electron chi connectivity index (χ4n) is 4.06. The van der Waals surface area contributed by atoms with Crippen molar-refractivity contribution < 1.29 is 13.9 Å². The standard InChI is InChI=1S/C23H27FN4O2.HI/c1-25-23(26-8-6-16-13-27-20-5-4-18(24)12-19(16)20)28-9-7-15-10-21(29-2)22(30-3)11-17(15)14-28;/h4-5,10-13,27H,6-9,14H2,1-3H3,(H,25,26);1H. The zero-order valence-electron chi connectivity index (χ0n) is 18.0. The largest absolute Gasteiger partial charge is 0.493 e. The number of hydrogen-bond donors (Lipinski definition) is 2. The second kappa shape index (κ2) is 10.2. The maximum absolute atomic E-state index is 13.6. The van der Waals surface area contributed by atoms with Crippen LogP contribution in [0.25, 0.3) is 10.9 Å². The molecule has 0 bridgehead atoms. The van der Waals surface area contributed by atoms with E-state index in [-0.39, 0.29) is 29.8 Å². The number of rotatable bonds is 5. The van der Waals surface area contributed by atoms with Gasteiger partial charge in [0, 0.05) is 43.8 Å². The Morgan fingerprint density at radius 1 is 1.16 bits per heavy atom. The highest BCUT2D eigenvalue weighted by Gasteiger charge is 2.21. The second-order valence-electron chi connectivity index (χ2n) is 7.38. The molecule has 0 saturated carbocycles. The van der Waals surface area contributed by atoms with E-state index in [2.05, 4.69) is 26.3 Å². The van der Waals surface area contributed by atoms with Crippen LogP contribution < -0.4 is 14.8 Å². The van der Waals surface area contributed by atoms with Crippen molar-refractivity contribution in [1.82, 2.24) is 15.2 Å². The number of nitrogens with one attached hydrogen (secondary N) is 2. The number of aliphatic imine (C=N–C) groups is 1. The van der Waals surface area contributed by atoms with Gasteiger partial charge in [-0.05, 0) is 59.9 Å². The first kappa shape index (κ1) is 23.2. The van der Waals surface area contributed by atoms with Crippen molar-refractivity contribution in [1.29, 1.82) is 0 Å². The van der Waals surface area contributed by atoms with Gasteiger partial charge in [0.15, 0.2) is 17.5 Å². The molecule has 0 saturated heterocycles. The highest BCUT2D eigenvalue weighted by Crippen LogP contribution is 2.33. The molecule has 0 amide bonds. The first-order valence-corrected chi connectivity index (χ1v) is 10.1. The number of guanidine groups is 1. The molecule has 3 aromatic rings. The molecule has 1 aromatic heterocycles. The number of ether oxygens (including phenoxy) is 2. The van der Waals surface area contributed by atoms with E-state index in [4.69, 9.17) is 9.47 Å². The molecule has 1 aliphatic rings. The van der Waals surface area contributed by atoms with Gasteiger partial charge >= 0.3 is 0 Å². The molecule has 0 spiro atoms. The summed E-state index contributed by atoms with van der Waals surface area (Å²) in [6.45, 7) is 2.35. The van der Waals surface area contributed by atoms with E-state index in [0.29, 0.717) is 6.54 Å². The van der Waals surface area contributed by atoms with E-state index >= 15 is 0 Å². The minimum absolute atomic E-state index is 0. The lowest BCUT2D eigenvalue weighted by Gasteiger charge is -2.32. The Morgan fingerprint density at radius 3 is 2.61 bits per heavy atom. The van der Waals surface area contributed by atoms with Gasteiger partial charge in [-0.1, -0.05) is 0 Å². The Hall–Kier alpha value is -2.49. The van der Waals surface area contributed by atoms with Crippen molar-refractivity contribution in [3.8, 4) is 11.5 Å². The topological polar surface area (TPSA) is 61.9 Å². The van der Waals surface area contributed by atoms with Crippen LogP contribution in [0.3, 0.4) is 0 Å². The van der Waals surface area contributed by atoms with Crippen LogP contribution in [0.4, 0.5) is 4.39 Å². The lowest BCUT2D eigenvalue weighted by atomic mass is 9.99. The minimum atomic E-state index is -0.217. The second-order valence-corrected chi connectivity index (χ2v) is 7.38. The highest BCUT2D eigenvalue weighted by molar-refractivity contribution is 14.0. The maximum atomic E-state index is 13.6. The first-order chi connectivity index (χ1) is 14.6. The number of aromatic amines is 1. The number of nitrogens with zero attached hydrogens (tertiary/aromatic N) is 2. The molecule has 166 valence electrons. The average Bonchev–Trinajstić information content (AvgIpc) is 3.17. The zero-order valence-corrected chi connectivity index (χ0v) is 20.3. The van der Waals surface area contributed by atoms with Gasteiger partial charge in [-0.3, -0.25) is 4.99 Å². The fraction of sp³-hybridized carbons (Fsp3) is 0.348. The maximum Gasteiger partial charge on any atom is 0.193 e. The van der Waals surface area contributed by atoms with Crippen molar-refractivity contribution in [2.45, 2.75) is 19.4 Å². The van der Waals surface area contributed by atoms with E-state index in [9.17, 15) is 4.39 Å². The van der Waals surface area contributed by atoms with Crippen LogP contribution in [0.5, 0.6) is 11.5 Å². The van der Waals surface area contributed by atoms with Crippen LogP contribution in [0.15, 0.2) is 41.5 Å². The number of fused-ring (bicyclic) bond motifs is 2. The molecule has 0 unspecified atom stereocenters. The molecule has 2 N–H and O–H groups in total. The van der Waals surface area contributed by atoms with Crippen LogP contribution in [-0.4, -0.2) is 50.2 Å². The summed E-state index contributed by atoms with van der Waals surface area (Å²) in [4.78, 5) is 9.91. The molecular weight excluding hydrogens is 510 g/mol. The van der Waals surface area contributed by atoms with E-state index in [1.807, 2.05) is 12.3 Å². The molecule has 8 heteroatoms. The number of aromatic nitrogens is 1. The summed E-state index contributed by atoms with van der Waals surface area (Å²) in [6.07, 6.45) is 3.64. The third kappa shape index (κ3) is 4.89. The lowest BCUT2D eigenvalue weighted by molar-refractivity contribution is 0.346. The quantitative estimate of drug-likeness (QED) is 0.292.